The summed E-state index contributed by atoms with van der Waals surface area (Å²) in [5, 5.41) is 14.7. The van der Waals surface area contributed by atoms with Crippen LogP contribution in [0, 0.1) is 28.6 Å². The molecule has 8 nitrogen and oxygen atoms in total. The van der Waals surface area contributed by atoms with Crippen molar-refractivity contribution in [2.45, 2.75) is 148 Å². The van der Waals surface area contributed by atoms with Crippen LogP contribution in [0.1, 0.15) is 124 Å². The van der Waals surface area contributed by atoms with Crippen molar-refractivity contribution in [3.63, 3.8) is 0 Å². The Bertz CT molecular complexity index is 1150. The minimum Gasteiger partial charge on any atom is -0.441 e. The number of nitrogens with one attached hydrogen (secondary N) is 1. The molecule has 252 valence electrons. The molecule has 45 heavy (non-hydrogen) atoms. The molecule has 3 saturated carbocycles. The average molecular weight is 628 g/mol. The zero-order chi connectivity index (χ0) is 32.2. The van der Waals surface area contributed by atoms with Crippen molar-refractivity contribution in [1.82, 2.24) is 5.32 Å². The van der Waals surface area contributed by atoms with E-state index in [-0.39, 0.29) is 35.9 Å². The van der Waals surface area contributed by atoms with Crippen LogP contribution < -0.4 is 5.32 Å². The van der Waals surface area contributed by atoms with E-state index in [0.717, 1.165) is 37.7 Å². The zero-order valence-corrected chi connectivity index (χ0v) is 28.1. The summed E-state index contributed by atoms with van der Waals surface area (Å²) in [4.78, 5) is 39.1. The Kier molecular flexibility index (Phi) is 11.0. The van der Waals surface area contributed by atoms with E-state index in [1.54, 1.807) is 12.2 Å². The number of unbranched alkanes of at least 4 members (excludes halogenated alkanes) is 8. The summed E-state index contributed by atoms with van der Waals surface area (Å²) in [6.45, 7) is 8.67. The fourth-order valence-electron chi connectivity index (χ4n) is 9.92. The monoisotopic (exact) mass is 627 g/mol. The maximum absolute atomic E-state index is 14.3. The lowest BCUT2D eigenvalue weighted by Gasteiger charge is -2.59. The van der Waals surface area contributed by atoms with Gasteiger partial charge in [0.05, 0.1) is 12.2 Å². The van der Waals surface area contributed by atoms with Crippen LogP contribution in [-0.4, -0.2) is 60.0 Å². The van der Waals surface area contributed by atoms with E-state index in [9.17, 15) is 19.5 Å². The van der Waals surface area contributed by atoms with E-state index >= 15 is 0 Å². The van der Waals surface area contributed by atoms with Gasteiger partial charge in [-0.25, -0.2) is 4.79 Å². The van der Waals surface area contributed by atoms with Gasteiger partial charge in [-0.3, -0.25) is 9.59 Å². The van der Waals surface area contributed by atoms with Crippen molar-refractivity contribution in [3.05, 3.63) is 23.8 Å². The normalized spacial score (nSPS) is 38.2. The molecule has 8 heteroatoms. The summed E-state index contributed by atoms with van der Waals surface area (Å²) in [6.07, 6.45) is 18.2. The molecule has 4 aliphatic carbocycles. The standard InChI is InChI=1S/C37H57NO7/c1-5-7-8-9-10-11-12-13-14-20-38-34(42)43-24-30(41)37-31(44-32(45-37)15-6-2)22-28-27-17-16-25-21-26(39)18-19-35(25,3)33(27)29(40)23-36(28,37)4/h18-19,21,27-29,31-33,40H,5-17,20,22-24H2,1-4H3,(H,38,42)/t27-,28-,29-,31+,32+,33+,35-,36-,37+/m0/s1. The Labute approximate surface area is 270 Å². The van der Waals surface area contributed by atoms with Gasteiger partial charge in [0.15, 0.2) is 24.3 Å². The van der Waals surface area contributed by atoms with Crippen LogP contribution in [0.3, 0.4) is 0 Å². The third kappa shape index (κ3) is 6.45. The maximum atomic E-state index is 14.3. The van der Waals surface area contributed by atoms with E-state index in [2.05, 4.69) is 33.0 Å². The van der Waals surface area contributed by atoms with Gasteiger partial charge >= 0.3 is 6.09 Å². The van der Waals surface area contributed by atoms with Crippen molar-refractivity contribution in [2.75, 3.05) is 13.2 Å². The van der Waals surface area contributed by atoms with Gasteiger partial charge in [0.1, 0.15) is 0 Å². The number of hydrogen-bond donors (Lipinski definition) is 2. The Hall–Kier alpha value is -2.03. The Morgan fingerprint density at radius 2 is 1.76 bits per heavy atom. The molecule has 0 bridgehead atoms. The largest absolute Gasteiger partial charge is 0.441 e. The number of rotatable bonds is 15. The third-order valence-corrected chi connectivity index (χ3v) is 12.1. The van der Waals surface area contributed by atoms with E-state index in [4.69, 9.17) is 14.2 Å². The smallest absolute Gasteiger partial charge is 0.407 e. The molecule has 1 heterocycles. The second-order valence-corrected chi connectivity index (χ2v) is 14.9. The third-order valence-electron chi connectivity index (χ3n) is 12.1. The first-order valence-electron chi connectivity index (χ1n) is 18.0. The number of hydrogen-bond acceptors (Lipinski definition) is 7. The number of alkyl carbamates (subject to hydrolysis) is 1. The highest BCUT2D eigenvalue weighted by Crippen LogP contribution is 2.69. The lowest BCUT2D eigenvalue weighted by molar-refractivity contribution is -0.200. The minimum absolute atomic E-state index is 0.0111. The number of aliphatic hydroxyl groups excluding tert-OH is 1. The molecule has 5 aliphatic rings. The zero-order valence-electron chi connectivity index (χ0n) is 28.1. The average Bonchev–Trinajstić information content (AvgIpc) is 3.49. The molecule has 0 radical (unpaired) electrons. The SMILES string of the molecule is CCCCCCCCCCCNC(=O)OCC(=O)[C@@]12O[C@H](CCC)O[C@@H]1C[C@H]1[C@@H]3CCC4=CC(=O)C=C[C@]4(C)[C@H]3[C@@H](O)C[C@@]12C. The molecule has 1 aliphatic heterocycles. The molecule has 4 fully saturated rings. The van der Waals surface area contributed by atoms with Crippen LogP contribution in [0.25, 0.3) is 0 Å². The van der Waals surface area contributed by atoms with Gasteiger partial charge < -0.3 is 24.6 Å². The number of carbonyl (C=O) groups is 3. The maximum Gasteiger partial charge on any atom is 0.407 e. The molecule has 0 spiro atoms. The highest BCUT2D eigenvalue weighted by Gasteiger charge is 2.75. The number of fused-ring (bicyclic) bond motifs is 7. The summed E-state index contributed by atoms with van der Waals surface area (Å²) in [6, 6.07) is 0. The second kappa shape index (κ2) is 14.4. The van der Waals surface area contributed by atoms with Crippen molar-refractivity contribution >= 4 is 17.7 Å². The lowest BCUT2D eigenvalue weighted by Crippen LogP contribution is -2.63. The fourth-order valence-corrected chi connectivity index (χ4v) is 9.92. The van der Waals surface area contributed by atoms with Crippen molar-refractivity contribution < 1.29 is 33.7 Å². The lowest BCUT2D eigenvalue weighted by atomic mass is 9.46. The second-order valence-electron chi connectivity index (χ2n) is 14.9. The van der Waals surface area contributed by atoms with Crippen LogP contribution >= 0.6 is 0 Å². The predicted molar refractivity (Wildman–Crippen MR) is 172 cm³/mol. The molecule has 2 N–H and O–H groups in total. The number of aliphatic hydroxyl groups is 1. The van der Waals surface area contributed by atoms with Crippen LogP contribution in [0.4, 0.5) is 4.79 Å². The van der Waals surface area contributed by atoms with E-state index in [0.29, 0.717) is 25.8 Å². The van der Waals surface area contributed by atoms with E-state index in [1.165, 1.54) is 44.9 Å². The predicted octanol–water partition coefficient (Wildman–Crippen LogP) is 6.98. The van der Waals surface area contributed by atoms with Crippen molar-refractivity contribution in [1.29, 1.82) is 0 Å². The molecule has 9 atom stereocenters. The highest BCUT2D eigenvalue weighted by atomic mass is 16.7. The van der Waals surface area contributed by atoms with Gasteiger partial charge in [0.2, 0.25) is 5.78 Å². The molecule has 0 aromatic carbocycles. The van der Waals surface area contributed by atoms with Crippen LogP contribution in [-0.2, 0) is 23.8 Å². The summed E-state index contributed by atoms with van der Waals surface area (Å²) < 4.78 is 18.6. The van der Waals surface area contributed by atoms with Crippen LogP contribution in [0.5, 0.6) is 0 Å². The molecule has 0 aromatic heterocycles. The topological polar surface area (TPSA) is 111 Å². The summed E-state index contributed by atoms with van der Waals surface area (Å²) in [5.41, 5.74) is -1.26. The van der Waals surface area contributed by atoms with E-state index < -0.39 is 41.0 Å². The molecule has 1 saturated heterocycles. The molecular weight excluding hydrogens is 570 g/mol. The van der Waals surface area contributed by atoms with Crippen LogP contribution in [0.2, 0.25) is 0 Å². The number of ketones is 2. The summed E-state index contributed by atoms with van der Waals surface area (Å²) in [5.74, 6) is -0.0816. The first-order valence-corrected chi connectivity index (χ1v) is 18.0. The molecule has 0 aromatic rings. The molecular formula is C37H57NO7. The van der Waals surface area contributed by atoms with Gasteiger partial charge in [-0.05, 0) is 62.5 Å². The first-order chi connectivity index (χ1) is 21.6. The summed E-state index contributed by atoms with van der Waals surface area (Å²) >= 11 is 0. The van der Waals surface area contributed by atoms with Gasteiger partial charge in [0.25, 0.3) is 0 Å². The van der Waals surface area contributed by atoms with E-state index in [1.807, 2.05) is 6.08 Å². The molecule has 1 amide bonds. The van der Waals surface area contributed by atoms with Gasteiger partial charge in [-0.1, -0.05) is 97.1 Å². The molecule has 0 unspecified atom stereocenters. The minimum atomic E-state index is -1.28. The fraction of sp³-hybridized carbons (Fsp3) is 0.811. The number of amides is 1. The van der Waals surface area contributed by atoms with Crippen molar-refractivity contribution in [2.24, 2.45) is 28.6 Å². The van der Waals surface area contributed by atoms with Crippen molar-refractivity contribution in [3.8, 4) is 0 Å². The number of Topliss-reactive ketones (excluding diaryl/α,β-unsaturated/α-hetero) is 1. The quantitative estimate of drug-likeness (QED) is 0.188. The van der Waals surface area contributed by atoms with Gasteiger partial charge in [-0.2, -0.15) is 0 Å². The van der Waals surface area contributed by atoms with Gasteiger partial charge in [-0.15, -0.1) is 0 Å². The number of carbonyl (C=O) groups excluding carboxylic acids is 3. The molecule has 5 rings (SSSR count). The number of allylic oxidation sites excluding steroid dienone is 4. The summed E-state index contributed by atoms with van der Waals surface area (Å²) in [7, 11) is 0. The Morgan fingerprint density at radius 1 is 1.04 bits per heavy atom. The van der Waals surface area contributed by atoms with Crippen LogP contribution in [0.15, 0.2) is 23.8 Å². The highest BCUT2D eigenvalue weighted by molar-refractivity contribution is 6.01. The number of ether oxygens (including phenoxy) is 3. The van der Waals surface area contributed by atoms with Gasteiger partial charge in [0, 0.05) is 23.3 Å². The first kappa shape index (κ1) is 34.3. The Balaban J connectivity index is 1.22. The Morgan fingerprint density at radius 3 is 2.47 bits per heavy atom.